The summed E-state index contributed by atoms with van der Waals surface area (Å²) in [7, 11) is 0. The van der Waals surface area contributed by atoms with Gasteiger partial charge in [0, 0.05) is 4.48 Å². The minimum absolute atomic E-state index is 0.0609. The largest absolute Gasteiger partial charge is 0.488 e. The average molecular weight is 243 g/mol. The first kappa shape index (κ1) is 10.3. The van der Waals surface area contributed by atoms with E-state index < -0.39 is 0 Å². The van der Waals surface area contributed by atoms with E-state index in [1.54, 1.807) is 0 Å². The van der Waals surface area contributed by atoms with Gasteiger partial charge in [-0.3, -0.25) is 0 Å². The van der Waals surface area contributed by atoms with E-state index in [1.807, 2.05) is 24.3 Å². The number of aliphatic hydroxyl groups excluding tert-OH is 1. The van der Waals surface area contributed by atoms with Crippen molar-refractivity contribution in [1.29, 1.82) is 0 Å². The highest BCUT2D eigenvalue weighted by molar-refractivity contribution is 9.11. The third-order valence-electron chi connectivity index (χ3n) is 1.50. The van der Waals surface area contributed by atoms with E-state index in [0.717, 1.165) is 15.8 Å². The van der Waals surface area contributed by atoms with Crippen LogP contribution in [0.5, 0.6) is 5.75 Å². The van der Waals surface area contributed by atoms with Gasteiger partial charge in [0.05, 0.1) is 6.61 Å². The lowest BCUT2D eigenvalue weighted by Gasteiger charge is -2.04. The average Bonchev–Trinajstić information content (AvgIpc) is 2.15. The van der Waals surface area contributed by atoms with E-state index in [-0.39, 0.29) is 6.61 Å². The van der Waals surface area contributed by atoms with Crippen LogP contribution in [0.15, 0.2) is 35.3 Å². The lowest BCUT2D eigenvalue weighted by atomic mass is 10.2. The Hall–Kier alpha value is -0.800. The van der Waals surface area contributed by atoms with Crippen LogP contribution in [0, 0.1) is 0 Å². The predicted molar refractivity (Wildman–Crippen MR) is 55.9 cm³/mol. The molecule has 0 aromatic heterocycles. The molecule has 70 valence electrons. The summed E-state index contributed by atoms with van der Waals surface area (Å²) in [6.07, 6.45) is 0. The summed E-state index contributed by atoms with van der Waals surface area (Å²) < 4.78 is 6.14. The normalized spacial score (nSPS) is 9.69. The summed E-state index contributed by atoms with van der Waals surface area (Å²) in [4.78, 5) is 0. The van der Waals surface area contributed by atoms with E-state index in [0.29, 0.717) is 6.61 Å². The van der Waals surface area contributed by atoms with Gasteiger partial charge < -0.3 is 9.84 Å². The van der Waals surface area contributed by atoms with Gasteiger partial charge in [0.15, 0.2) is 0 Å². The van der Waals surface area contributed by atoms with Crippen LogP contribution < -0.4 is 4.74 Å². The van der Waals surface area contributed by atoms with Crippen LogP contribution in [0.3, 0.4) is 0 Å². The number of rotatable bonds is 4. The summed E-state index contributed by atoms with van der Waals surface area (Å²) in [5.41, 5.74) is 0.880. The molecule has 0 unspecified atom stereocenters. The number of halogens is 1. The zero-order valence-electron chi connectivity index (χ0n) is 7.16. The molecule has 0 heterocycles. The molecule has 2 nitrogen and oxygen atoms in total. The molecular formula is C10H11BrO2. The SMILES string of the molecule is C=C(Br)COc1ccc(CO)cc1. The van der Waals surface area contributed by atoms with Crippen molar-refractivity contribution in [3.63, 3.8) is 0 Å². The second-order valence-corrected chi connectivity index (χ2v) is 3.73. The van der Waals surface area contributed by atoms with Gasteiger partial charge in [-0.05, 0) is 17.7 Å². The highest BCUT2D eigenvalue weighted by Crippen LogP contribution is 2.13. The molecule has 13 heavy (non-hydrogen) atoms. The van der Waals surface area contributed by atoms with Gasteiger partial charge in [-0.1, -0.05) is 34.6 Å². The van der Waals surface area contributed by atoms with Crippen LogP contribution in [-0.4, -0.2) is 11.7 Å². The van der Waals surface area contributed by atoms with Crippen molar-refractivity contribution >= 4 is 15.9 Å². The van der Waals surface area contributed by atoms with Crippen molar-refractivity contribution in [2.45, 2.75) is 6.61 Å². The molecule has 0 amide bonds. The maximum absolute atomic E-state index is 8.78. The van der Waals surface area contributed by atoms with Gasteiger partial charge in [-0.25, -0.2) is 0 Å². The van der Waals surface area contributed by atoms with Crippen molar-refractivity contribution in [2.75, 3.05) is 6.61 Å². The van der Waals surface area contributed by atoms with Crippen molar-refractivity contribution in [3.8, 4) is 5.75 Å². The Morgan fingerprint density at radius 1 is 1.38 bits per heavy atom. The fourth-order valence-corrected chi connectivity index (χ4v) is 0.967. The quantitative estimate of drug-likeness (QED) is 0.880. The minimum atomic E-state index is 0.0609. The van der Waals surface area contributed by atoms with E-state index in [9.17, 15) is 0 Å². The van der Waals surface area contributed by atoms with Gasteiger partial charge in [-0.15, -0.1) is 0 Å². The Labute approximate surface area is 86.0 Å². The summed E-state index contributed by atoms with van der Waals surface area (Å²) in [5.74, 6) is 0.776. The summed E-state index contributed by atoms with van der Waals surface area (Å²) in [6.45, 7) is 4.17. The first-order chi connectivity index (χ1) is 6.22. The molecule has 0 radical (unpaired) electrons. The summed E-state index contributed by atoms with van der Waals surface area (Å²) >= 11 is 3.20. The fraction of sp³-hybridized carbons (Fsp3) is 0.200. The Morgan fingerprint density at radius 3 is 2.46 bits per heavy atom. The summed E-state index contributed by atoms with van der Waals surface area (Å²) in [6, 6.07) is 7.29. The van der Waals surface area contributed by atoms with Gasteiger partial charge in [0.25, 0.3) is 0 Å². The van der Waals surface area contributed by atoms with Crippen LogP contribution in [0.4, 0.5) is 0 Å². The van der Waals surface area contributed by atoms with E-state index in [4.69, 9.17) is 9.84 Å². The summed E-state index contributed by atoms with van der Waals surface area (Å²) in [5, 5.41) is 8.78. The Kier molecular flexibility index (Phi) is 3.99. The van der Waals surface area contributed by atoms with Crippen molar-refractivity contribution in [3.05, 3.63) is 40.9 Å². The molecule has 0 aliphatic rings. The molecule has 1 N–H and O–H groups in total. The highest BCUT2D eigenvalue weighted by Gasteiger charge is 1.94. The maximum atomic E-state index is 8.78. The molecule has 0 aliphatic carbocycles. The second kappa shape index (κ2) is 5.04. The second-order valence-electron chi connectivity index (χ2n) is 2.61. The lowest BCUT2D eigenvalue weighted by Crippen LogP contribution is -1.95. The molecule has 0 fully saturated rings. The van der Waals surface area contributed by atoms with Gasteiger partial charge >= 0.3 is 0 Å². The van der Waals surface area contributed by atoms with Crippen molar-refractivity contribution in [2.24, 2.45) is 0 Å². The highest BCUT2D eigenvalue weighted by atomic mass is 79.9. The van der Waals surface area contributed by atoms with Gasteiger partial charge in [0.2, 0.25) is 0 Å². The third kappa shape index (κ3) is 3.61. The monoisotopic (exact) mass is 242 g/mol. The Bertz CT molecular complexity index is 279. The zero-order valence-corrected chi connectivity index (χ0v) is 8.75. The minimum Gasteiger partial charge on any atom is -0.488 e. The standard InChI is InChI=1S/C10H11BrO2/c1-8(11)7-13-10-4-2-9(6-12)3-5-10/h2-5,12H,1,6-7H2. The van der Waals surface area contributed by atoms with E-state index >= 15 is 0 Å². The predicted octanol–water partition coefficient (Wildman–Crippen LogP) is 2.47. The molecule has 0 atom stereocenters. The number of aliphatic hydroxyl groups is 1. The topological polar surface area (TPSA) is 29.5 Å². The molecule has 0 bridgehead atoms. The van der Waals surface area contributed by atoms with Crippen LogP contribution in [0.25, 0.3) is 0 Å². The van der Waals surface area contributed by atoms with E-state index in [1.165, 1.54) is 0 Å². The van der Waals surface area contributed by atoms with Crippen LogP contribution in [-0.2, 0) is 6.61 Å². The van der Waals surface area contributed by atoms with Crippen molar-refractivity contribution < 1.29 is 9.84 Å². The Balaban J connectivity index is 2.54. The first-order valence-corrected chi connectivity index (χ1v) is 4.67. The molecule has 3 heteroatoms. The molecule has 0 aliphatic heterocycles. The molecule has 0 spiro atoms. The zero-order chi connectivity index (χ0) is 9.68. The van der Waals surface area contributed by atoms with Crippen LogP contribution in [0.1, 0.15) is 5.56 Å². The number of hydrogen-bond donors (Lipinski definition) is 1. The van der Waals surface area contributed by atoms with Gasteiger partial charge in [-0.2, -0.15) is 0 Å². The fourth-order valence-electron chi connectivity index (χ4n) is 0.853. The maximum Gasteiger partial charge on any atom is 0.119 e. The van der Waals surface area contributed by atoms with E-state index in [2.05, 4.69) is 22.5 Å². The van der Waals surface area contributed by atoms with Crippen molar-refractivity contribution in [1.82, 2.24) is 0 Å². The molecule has 0 saturated heterocycles. The number of benzene rings is 1. The molecule has 1 rings (SSSR count). The smallest absolute Gasteiger partial charge is 0.119 e. The van der Waals surface area contributed by atoms with Crippen LogP contribution >= 0.6 is 15.9 Å². The first-order valence-electron chi connectivity index (χ1n) is 3.88. The lowest BCUT2D eigenvalue weighted by molar-refractivity contribution is 0.281. The molecule has 1 aromatic rings. The molecular weight excluding hydrogens is 232 g/mol. The Morgan fingerprint density at radius 2 is 2.00 bits per heavy atom. The third-order valence-corrected chi connectivity index (χ3v) is 1.73. The molecule has 1 aromatic carbocycles. The van der Waals surface area contributed by atoms with Gasteiger partial charge in [0.1, 0.15) is 12.4 Å². The number of hydrogen-bond acceptors (Lipinski definition) is 2. The number of ether oxygens (including phenoxy) is 1. The van der Waals surface area contributed by atoms with Crippen LogP contribution in [0.2, 0.25) is 0 Å². The molecule has 0 saturated carbocycles.